The summed E-state index contributed by atoms with van der Waals surface area (Å²) in [6.45, 7) is 2.80. The molecule has 0 radical (unpaired) electrons. The van der Waals surface area contributed by atoms with E-state index in [0.717, 1.165) is 0 Å². The van der Waals surface area contributed by atoms with Crippen LogP contribution < -0.4 is 0 Å². The number of carboxylic acid groups (broad SMARTS) is 1. The highest BCUT2D eigenvalue weighted by Crippen LogP contribution is 2.15. The number of hydrogen-bond donors (Lipinski definition) is 1. The number of carbonyl (C=O) groups is 2. The Morgan fingerprint density at radius 1 is 1.09 bits per heavy atom. The van der Waals surface area contributed by atoms with Crippen molar-refractivity contribution in [3.8, 4) is 0 Å². The van der Waals surface area contributed by atoms with Gasteiger partial charge in [-0.25, -0.2) is 13.2 Å². The number of carboxylic acids is 1. The van der Waals surface area contributed by atoms with Gasteiger partial charge < -0.3 is 10.0 Å². The predicted molar refractivity (Wildman–Crippen MR) is 85.0 cm³/mol. The fourth-order valence-electron chi connectivity index (χ4n) is 2.58. The maximum Gasteiger partial charge on any atom is 0.336 e. The Morgan fingerprint density at radius 3 is 2.17 bits per heavy atom. The molecule has 2 rings (SSSR count). The highest BCUT2D eigenvalue weighted by atomic mass is 32.2. The lowest BCUT2D eigenvalue weighted by Crippen LogP contribution is -2.51. The van der Waals surface area contributed by atoms with Gasteiger partial charge in [0.1, 0.15) is 0 Å². The Bertz CT molecular complexity index is 694. The fourth-order valence-corrected chi connectivity index (χ4v) is 4.08. The summed E-state index contributed by atoms with van der Waals surface area (Å²) >= 11 is 0. The van der Waals surface area contributed by atoms with E-state index in [1.165, 1.54) is 21.3 Å². The monoisotopic (exact) mass is 340 g/mol. The summed E-state index contributed by atoms with van der Waals surface area (Å²) in [4.78, 5) is 25.2. The van der Waals surface area contributed by atoms with Crippen LogP contribution in [0.3, 0.4) is 0 Å². The van der Waals surface area contributed by atoms with E-state index >= 15 is 0 Å². The van der Waals surface area contributed by atoms with Gasteiger partial charge in [-0.15, -0.1) is 0 Å². The quantitative estimate of drug-likeness (QED) is 0.859. The molecule has 1 fully saturated rings. The van der Waals surface area contributed by atoms with Gasteiger partial charge in [0.25, 0.3) is 5.91 Å². The topological polar surface area (TPSA) is 95.0 Å². The second-order valence-corrected chi connectivity index (χ2v) is 7.45. The van der Waals surface area contributed by atoms with E-state index in [0.29, 0.717) is 6.42 Å². The van der Waals surface area contributed by atoms with Crippen LogP contribution in [0.2, 0.25) is 0 Å². The third-order valence-electron chi connectivity index (χ3n) is 3.77. The van der Waals surface area contributed by atoms with Crippen molar-refractivity contribution in [2.75, 3.05) is 31.9 Å². The van der Waals surface area contributed by atoms with Crippen molar-refractivity contribution in [3.63, 3.8) is 0 Å². The van der Waals surface area contributed by atoms with Gasteiger partial charge in [-0.3, -0.25) is 4.79 Å². The maximum absolute atomic E-state index is 12.5. The summed E-state index contributed by atoms with van der Waals surface area (Å²) in [5, 5.41) is 9.16. The highest BCUT2D eigenvalue weighted by Gasteiger charge is 2.29. The van der Waals surface area contributed by atoms with Crippen molar-refractivity contribution in [2.45, 2.75) is 13.3 Å². The van der Waals surface area contributed by atoms with Crippen molar-refractivity contribution in [1.82, 2.24) is 9.21 Å². The molecule has 0 saturated carbocycles. The molecule has 1 heterocycles. The van der Waals surface area contributed by atoms with E-state index in [1.807, 2.05) is 0 Å². The second-order valence-electron chi connectivity index (χ2n) is 5.36. The number of carbonyl (C=O) groups excluding carboxylic acids is 1. The molecule has 1 aliphatic rings. The fraction of sp³-hybridized carbons (Fsp3) is 0.467. The molecule has 1 aliphatic heterocycles. The Morgan fingerprint density at radius 2 is 1.65 bits per heavy atom. The molecule has 8 heteroatoms. The molecule has 0 spiro atoms. The van der Waals surface area contributed by atoms with E-state index in [2.05, 4.69) is 0 Å². The number of aromatic carboxylic acids is 1. The van der Waals surface area contributed by atoms with Crippen molar-refractivity contribution < 1.29 is 23.1 Å². The third-order valence-corrected chi connectivity index (χ3v) is 5.85. The first-order chi connectivity index (χ1) is 10.9. The lowest BCUT2D eigenvalue weighted by Gasteiger charge is -2.34. The average Bonchev–Trinajstić information content (AvgIpc) is 2.54. The van der Waals surface area contributed by atoms with E-state index in [4.69, 9.17) is 5.11 Å². The summed E-state index contributed by atoms with van der Waals surface area (Å²) in [7, 11) is -3.27. The first-order valence-electron chi connectivity index (χ1n) is 7.46. The molecule has 0 aliphatic carbocycles. The van der Waals surface area contributed by atoms with Gasteiger partial charge in [0, 0.05) is 26.2 Å². The van der Waals surface area contributed by atoms with Crippen LogP contribution in [0.1, 0.15) is 34.1 Å². The zero-order valence-electron chi connectivity index (χ0n) is 12.9. The number of benzene rings is 1. The van der Waals surface area contributed by atoms with Crippen LogP contribution in [-0.4, -0.2) is 66.5 Å². The third kappa shape index (κ3) is 3.89. The van der Waals surface area contributed by atoms with E-state index < -0.39 is 16.0 Å². The van der Waals surface area contributed by atoms with Crippen molar-refractivity contribution in [2.24, 2.45) is 0 Å². The highest BCUT2D eigenvalue weighted by molar-refractivity contribution is 7.89. The molecule has 1 amide bonds. The second kappa shape index (κ2) is 7.10. The van der Waals surface area contributed by atoms with Crippen molar-refractivity contribution in [1.29, 1.82) is 0 Å². The van der Waals surface area contributed by atoms with Crippen LogP contribution in [0.5, 0.6) is 0 Å². The number of amides is 1. The summed E-state index contributed by atoms with van der Waals surface area (Å²) in [5.41, 5.74) is 0.0865. The molecule has 0 bridgehead atoms. The molecule has 1 aromatic rings. The standard InChI is InChI=1S/C15H20N2O5S/c1-2-11-23(21,22)17-9-7-16(8-10-17)14(18)12-5-3-4-6-13(12)15(19)20/h3-6H,2,7-11H2,1H3,(H,19,20). The molecule has 1 saturated heterocycles. The van der Waals surface area contributed by atoms with Gasteiger partial charge in [-0.2, -0.15) is 4.31 Å². The Kier molecular flexibility index (Phi) is 5.38. The maximum atomic E-state index is 12.5. The molecular formula is C15H20N2O5S. The first-order valence-corrected chi connectivity index (χ1v) is 9.07. The number of piperazine rings is 1. The van der Waals surface area contributed by atoms with Gasteiger partial charge in [-0.05, 0) is 18.6 Å². The number of sulfonamides is 1. The lowest BCUT2D eigenvalue weighted by molar-refractivity contribution is 0.0656. The van der Waals surface area contributed by atoms with Crippen LogP contribution in [0.15, 0.2) is 24.3 Å². The van der Waals surface area contributed by atoms with Gasteiger partial charge in [0.2, 0.25) is 10.0 Å². The summed E-state index contributed by atoms with van der Waals surface area (Å²) < 4.78 is 25.4. The zero-order valence-corrected chi connectivity index (χ0v) is 13.8. The molecule has 23 heavy (non-hydrogen) atoms. The molecule has 0 aromatic heterocycles. The van der Waals surface area contributed by atoms with Crippen LogP contribution in [0.25, 0.3) is 0 Å². The van der Waals surface area contributed by atoms with Crippen LogP contribution in [0.4, 0.5) is 0 Å². The largest absolute Gasteiger partial charge is 0.478 e. The van der Waals surface area contributed by atoms with Crippen LogP contribution in [-0.2, 0) is 10.0 Å². The number of hydrogen-bond acceptors (Lipinski definition) is 4. The number of rotatable bonds is 5. The molecule has 126 valence electrons. The minimum Gasteiger partial charge on any atom is -0.478 e. The van der Waals surface area contributed by atoms with Gasteiger partial charge >= 0.3 is 5.97 Å². The van der Waals surface area contributed by atoms with Crippen molar-refractivity contribution in [3.05, 3.63) is 35.4 Å². The average molecular weight is 340 g/mol. The molecular weight excluding hydrogens is 320 g/mol. The summed E-state index contributed by atoms with van der Waals surface area (Å²) in [6, 6.07) is 6.04. The normalized spacial score (nSPS) is 16.3. The SMILES string of the molecule is CCCS(=O)(=O)N1CCN(C(=O)c2ccccc2C(=O)O)CC1. The van der Waals surface area contributed by atoms with Gasteiger partial charge in [-0.1, -0.05) is 19.1 Å². The molecule has 0 atom stereocenters. The Balaban J connectivity index is 2.09. The Labute approximate surface area is 135 Å². The smallest absolute Gasteiger partial charge is 0.336 e. The summed E-state index contributed by atoms with van der Waals surface area (Å²) in [5.74, 6) is -1.43. The van der Waals surface area contributed by atoms with E-state index in [-0.39, 0.29) is 49.0 Å². The lowest BCUT2D eigenvalue weighted by atomic mass is 10.1. The minimum absolute atomic E-state index is 0.0430. The summed E-state index contributed by atoms with van der Waals surface area (Å²) in [6.07, 6.45) is 0.549. The molecule has 1 N–H and O–H groups in total. The first kappa shape index (κ1) is 17.4. The van der Waals surface area contributed by atoms with Gasteiger partial charge in [0.05, 0.1) is 16.9 Å². The predicted octanol–water partition coefficient (Wildman–Crippen LogP) is 0.882. The van der Waals surface area contributed by atoms with Crippen molar-refractivity contribution >= 4 is 21.9 Å². The Hall–Kier alpha value is -1.93. The zero-order chi connectivity index (χ0) is 17.0. The molecule has 1 aromatic carbocycles. The van der Waals surface area contributed by atoms with E-state index in [9.17, 15) is 18.0 Å². The van der Waals surface area contributed by atoms with Gasteiger partial charge in [0.15, 0.2) is 0 Å². The molecule has 0 unspecified atom stereocenters. The number of nitrogens with zero attached hydrogens (tertiary/aromatic N) is 2. The van der Waals surface area contributed by atoms with Crippen LogP contribution in [0, 0.1) is 0 Å². The van der Waals surface area contributed by atoms with E-state index in [1.54, 1.807) is 19.1 Å². The molecule has 7 nitrogen and oxygen atoms in total. The van der Waals surface area contributed by atoms with Crippen LogP contribution >= 0.6 is 0 Å². The minimum atomic E-state index is -3.27.